The number of nitrogens with one attached hydrogen (secondary N) is 1. The first kappa shape index (κ1) is 16.2. The van der Waals surface area contributed by atoms with Gasteiger partial charge >= 0.3 is 12.1 Å². The van der Waals surface area contributed by atoms with Crippen LogP contribution in [0.4, 0.5) is 13.2 Å². The molecule has 0 saturated carbocycles. The quantitative estimate of drug-likeness (QED) is 0.761. The Morgan fingerprint density at radius 2 is 1.82 bits per heavy atom. The molecule has 2 N–H and O–H groups in total. The van der Waals surface area contributed by atoms with Gasteiger partial charge in [-0.05, 0) is 27.7 Å². The second-order valence-electron chi connectivity index (χ2n) is 4.43. The van der Waals surface area contributed by atoms with Crippen LogP contribution < -0.4 is 5.32 Å². The van der Waals surface area contributed by atoms with Crippen LogP contribution in [0.3, 0.4) is 0 Å². The Kier molecular flexibility index (Phi) is 5.41. The van der Waals surface area contributed by atoms with Crippen molar-refractivity contribution in [3.63, 3.8) is 0 Å². The van der Waals surface area contributed by atoms with E-state index in [0.29, 0.717) is 0 Å². The van der Waals surface area contributed by atoms with E-state index in [1.807, 2.05) is 0 Å². The fourth-order valence-electron chi connectivity index (χ4n) is 1.19. The predicted molar refractivity (Wildman–Crippen MR) is 55.8 cm³/mol. The van der Waals surface area contributed by atoms with Crippen molar-refractivity contribution in [1.29, 1.82) is 0 Å². The van der Waals surface area contributed by atoms with Crippen LogP contribution in [0.2, 0.25) is 0 Å². The molecule has 2 atom stereocenters. The van der Waals surface area contributed by atoms with Gasteiger partial charge in [0.05, 0.1) is 6.61 Å². The maximum absolute atomic E-state index is 12.2. The molecule has 0 spiro atoms. The molecule has 0 aromatic rings. The number of carboxylic acid groups (broad SMARTS) is 1. The van der Waals surface area contributed by atoms with Gasteiger partial charge < -0.3 is 9.84 Å². The van der Waals surface area contributed by atoms with E-state index < -0.39 is 30.4 Å². The number of carbonyl (C=O) groups is 1. The fourth-order valence-corrected chi connectivity index (χ4v) is 1.19. The lowest BCUT2D eigenvalue weighted by atomic mass is 10.0. The predicted octanol–water partition coefficient (Wildman–Crippen LogP) is 1.80. The van der Waals surface area contributed by atoms with E-state index in [-0.39, 0.29) is 6.04 Å². The standard InChI is InChI=1S/C10H18F3NO3/c1-6(2)14-9(4,8(15)16)5-17-7(3)10(11,12)13/h6-7,14H,5H2,1-4H3,(H,15,16). The maximum atomic E-state index is 12.2. The highest BCUT2D eigenvalue weighted by Crippen LogP contribution is 2.23. The van der Waals surface area contributed by atoms with E-state index in [0.717, 1.165) is 6.92 Å². The Morgan fingerprint density at radius 3 is 2.12 bits per heavy atom. The lowest BCUT2D eigenvalue weighted by molar-refractivity contribution is -0.219. The Hall–Kier alpha value is -0.820. The molecule has 0 radical (unpaired) electrons. The number of halogens is 3. The smallest absolute Gasteiger partial charge is 0.414 e. The average molecular weight is 257 g/mol. The summed E-state index contributed by atoms with van der Waals surface area (Å²) in [7, 11) is 0. The molecule has 0 aliphatic heterocycles. The van der Waals surface area contributed by atoms with E-state index in [2.05, 4.69) is 10.1 Å². The van der Waals surface area contributed by atoms with Gasteiger partial charge in [0, 0.05) is 6.04 Å². The minimum Gasteiger partial charge on any atom is -0.480 e. The Morgan fingerprint density at radius 1 is 1.35 bits per heavy atom. The van der Waals surface area contributed by atoms with Gasteiger partial charge in [-0.15, -0.1) is 0 Å². The first-order chi connectivity index (χ1) is 7.49. The monoisotopic (exact) mass is 257 g/mol. The highest BCUT2D eigenvalue weighted by molar-refractivity contribution is 5.78. The van der Waals surface area contributed by atoms with Gasteiger partial charge in [-0.3, -0.25) is 10.1 Å². The SMILES string of the molecule is CC(C)NC(C)(COC(C)C(F)(F)F)C(=O)O. The van der Waals surface area contributed by atoms with Crippen LogP contribution in [0.15, 0.2) is 0 Å². The normalized spacial score (nSPS) is 17.9. The minimum atomic E-state index is -4.49. The first-order valence-electron chi connectivity index (χ1n) is 5.18. The number of aliphatic carboxylic acids is 1. The second kappa shape index (κ2) is 5.68. The van der Waals surface area contributed by atoms with Gasteiger partial charge in [0.1, 0.15) is 5.54 Å². The summed E-state index contributed by atoms with van der Waals surface area (Å²) < 4.78 is 41.2. The lowest BCUT2D eigenvalue weighted by Crippen LogP contribution is -2.56. The summed E-state index contributed by atoms with van der Waals surface area (Å²) in [6.07, 6.45) is -6.48. The molecule has 0 aromatic carbocycles. The zero-order valence-corrected chi connectivity index (χ0v) is 10.3. The fraction of sp³-hybridized carbons (Fsp3) is 0.900. The first-order valence-corrected chi connectivity index (χ1v) is 5.18. The maximum Gasteiger partial charge on any atom is 0.414 e. The van der Waals surface area contributed by atoms with Gasteiger partial charge in [0.25, 0.3) is 0 Å². The van der Waals surface area contributed by atoms with Gasteiger partial charge in [0.2, 0.25) is 0 Å². The zero-order valence-electron chi connectivity index (χ0n) is 10.3. The van der Waals surface area contributed by atoms with Gasteiger partial charge in [-0.25, -0.2) is 0 Å². The molecule has 2 unspecified atom stereocenters. The Bertz CT molecular complexity index is 268. The third kappa shape index (κ3) is 5.36. The van der Waals surface area contributed by atoms with Gasteiger partial charge in [-0.2, -0.15) is 13.2 Å². The number of carboxylic acids is 1. The minimum absolute atomic E-state index is 0.180. The Balaban J connectivity index is 4.53. The summed E-state index contributed by atoms with van der Waals surface area (Å²) in [5.74, 6) is -1.25. The van der Waals surface area contributed by atoms with Crippen molar-refractivity contribution < 1.29 is 27.8 Å². The molecule has 17 heavy (non-hydrogen) atoms. The van der Waals surface area contributed by atoms with Gasteiger partial charge in [-0.1, -0.05) is 0 Å². The summed E-state index contributed by atoms with van der Waals surface area (Å²) in [6.45, 7) is 4.99. The molecular weight excluding hydrogens is 239 g/mol. The third-order valence-corrected chi connectivity index (χ3v) is 2.16. The molecule has 0 saturated heterocycles. The van der Waals surface area contributed by atoms with Gasteiger partial charge in [0.15, 0.2) is 6.10 Å². The number of hydrogen-bond acceptors (Lipinski definition) is 3. The van der Waals surface area contributed by atoms with Crippen LogP contribution in [0.25, 0.3) is 0 Å². The summed E-state index contributed by atoms with van der Waals surface area (Å²) in [4.78, 5) is 11.0. The number of rotatable bonds is 6. The highest BCUT2D eigenvalue weighted by atomic mass is 19.4. The number of alkyl halides is 3. The van der Waals surface area contributed by atoms with Crippen LogP contribution in [0.5, 0.6) is 0 Å². The highest BCUT2D eigenvalue weighted by Gasteiger charge is 2.41. The van der Waals surface area contributed by atoms with Crippen molar-refractivity contribution in [3.8, 4) is 0 Å². The molecule has 0 heterocycles. The summed E-state index contributed by atoms with van der Waals surface area (Å²) in [6, 6.07) is -0.180. The molecule has 0 aromatic heterocycles. The van der Waals surface area contributed by atoms with Crippen molar-refractivity contribution >= 4 is 5.97 Å². The molecule has 7 heteroatoms. The lowest BCUT2D eigenvalue weighted by Gasteiger charge is -2.30. The molecule has 102 valence electrons. The van der Waals surface area contributed by atoms with Crippen molar-refractivity contribution in [1.82, 2.24) is 5.32 Å². The van der Waals surface area contributed by atoms with Crippen molar-refractivity contribution in [2.75, 3.05) is 6.61 Å². The number of hydrogen-bond donors (Lipinski definition) is 2. The largest absolute Gasteiger partial charge is 0.480 e. The molecule has 0 aliphatic carbocycles. The van der Waals surface area contributed by atoms with Crippen LogP contribution >= 0.6 is 0 Å². The van der Waals surface area contributed by atoms with E-state index in [1.54, 1.807) is 13.8 Å². The summed E-state index contributed by atoms with van der Waals surface area (Å²) in [5.41, 5.74) is -1.53. The molecule has 0 bridgehead atoms. The number of ether oxygens (including phenoxy) is 1. The molecule has 0 rings (SSSR count). The summed E-state index contributed by atoms with van der Waals surface area (Å²) >= 11 is 0. The second-order valence-corrected chi connectivity index (χ2v) is 4.43. The average Bonchev–Trinajstić information content (AvgIpc) is 2.11. The zero-order chi connectivity index (χ0) is 13.9. The molecule has 0 aliphatic rings. The topological polar surface area (TPSA) is 58.6 Å². The van der Waals surface area contributed by atoms with E-state index in [4.69, 9.17) is 5.11 Å². The van der Waals surface area contributed by atoms with E-state index in [1.165, 1.54) is 6.92 Å². The van der Waals surface area contributed by atoms with E-state index in [9.17, 15) is 18.0 Å². The van der Waals surface area contributed by atoms with Crippen LogP contribution in [-0.2, 0) is 9.53 Å². The Labute approximate surface area is 98.1 Å². The molecule has 4 nitrogen and oxygen atoms in total. The van der Waals surface area contributed by atoms with Crippen molar-refractivity contribution in [2.24, 2.45) is 0 Å². The van der Waals surface area contributed by atoms with Crippen LogP contribution in [0.1, 0.15) is 27.7 Å². The third-order valence-electron chi connectivity index (χ3n) is 2.16. The van der Waals surface area contributed by atoms with Crippen LogP contribution in [0, 0.1) is 0 Å². The van der Waals surface area contributed by atoms with Crippen LogP contribution in [-0.4, -0.2) is 41.5 Å². The molecule has 0 fully saturated rings. The molecule has 0 amide bonds. The summed E-state index contributed by atoms with van der Waals surface area (Å²) in [5, 5.41) is 11.6. The van der Waals surface area contributed by atoms with E-state index >= 15 is 0 Å². The van der Waals surface area contributed by atoms with Crippen molar-refractivity contribution in [3.05, 3.63) is 0 Å². The van der Waals surface area contributed by atoms with Crippen molar-refractivity contribution in [2.45, 2.75) is 51.6 Å². The molecular formula is C10H18F3NO3.